The Morgan fingerprint density at radius 1 is 1.04 bits per heavy atom. The number of para-hydroxylation sites is 1. The molecule has 0 aliphatic heterocycles. The minimum atomic E-state index is -0.340. The van der Waals surface area contributed by atoms with E-state index in [4.69, 9.17) is 4.52 Å². The first-order valence-electron chi connectivity index (χ1n) is 7.16. The van der Waals surface area contributed by atoms with Crippen LogP contribution in [-0.4, -0.2) is 15.9 Å². The van der Waals surface area contributed by atoms with Crippen molar-refractivity contribution in [2.24, 2.45) is 0 Å². The molecule has 0 radical (unpaired) electrons. The average Bonchev–Trinajstić information content (AvgIpc) is 3.03. The van der Waals surface area contributed by atoms with Crippen LogP contribution in [0.15, 0.2) is 71.3 Å². The topological polar surface area (TPSA) is 68.0 Å². The van der Waals surface area contributed by atoms with E-state index in [0.717, 1.165) is 11.3 Å². The third-order valence-electron chi connectivity index (χ3n) is 3.15. The molecular weight excluding hydrogens is 290 g/mol. The standard InChI is InChI=1S/C18H15N3O2/c1-13-19-18(23-21-13)17(22)12-16(14-8-4-2-5-9-14)20-15-10-6-3-7-11-15/h2-12,20H,1H3. The number of carbonyl (C=O) groups excluding carboxylic acids is 1. The molecule has 1 N–H and O–H groups in total. The van der Waals surface area contributed by atoms with Crippen molar-refractivity contribution < 1.29 is 9.32 Å². The number of allylic oxidation sites excluding steroid dienone is 1. The average molecular weight is 305 g/mol. The van der Waals surface area contributed by atoms with Gasteiger partial charge in [-0.05, 0) is 24.6 Å². The summed E-state index contributed by atoms with van der Waals surface area (Å²) in [6, 6.07) is 19.2. The van der Waals surface area contributed by atoms with Gasteiger partial charge in [0.1, 0.15) is 0 Å². The van der Waals surface area contributed by atoms with Crippen LogP contribution in [0.1, 0.15) is 22.1 Å². The molecule has 0 saturated heterocycles. The molecule has 0 aliphatic carbocycles. The third-order valence-corrected chi connectivity index (χ3v) is 3.15. The zero-order valence-electron chi connectivity index (χ0n) is 12.6. The Morgan fingerprint density at radius 2 is 1.70 bits per heavy atom. The molecule has 23 heavy (non-hydrogen) atoms. The Bertz CT molecular complexity index is 824. The lowest BCUT2D eigenvalue weighted by Gasteiger charge is -2.11. The van der Waals surface area contributed by atoms with E-state index in [-0.39, 0.29) is 11.7 Å². The van der Waals surface area contributed by atoms with Gasteiger partial charge in [0, 0.05) is 17.5 Å². The summed E-state index contributed by atoms with van der Waals surface area (Å²) in [4.78, 5) is 16.3. The number of nitrogens with one attached hydrogen (secondary N) is 1. The summed E-state index contributed by atoms with van der Waals surface area (Å²) in [5.41, 5.74) is 2.44. The number of aryl methyl sites for hydroxylation is 1. The number of rotatable bonds is 5. The van der Waals surface area contributed by atoms with Crippen LogP contribution < -0.4 is 5.32 Å². The Morgan fingerprint density at radius 3 is 2.30 bits per heavy atom. The number of hydrogen-bond acceptors (Lipinski definition) is 5. The van der Waals surface area contributed by atoms with Crippen molar-refractivity contribution in [2.75, 3.05) is 5.32 Å². The number of benzene rings is 2. The SMILES string of the molecule is Cc1noc(C(=O)C=C(Nc2ccccc2)c2ccccc2)n1. The van der Waals surface area contributed by atoms with Crippen LogP contribution in [0.25, 0.3) is 5.70 Å². The van der Waals surface area contributed by atoms with Gasteiger partial charge in [-0.3, -0.25) is 4.79 Å². The molecule has 0 aliphatic rings. The molecule has 3 rings (SSSR count). The summed E-state index contributed by atoms with van der Waals surface area (Å²) in [6.07, 6.45) is 1.47. The van der Waals surface area contributed by atoms with Crippen LogP contribution in [0, 0.1) is 6.92 Å². The Hall–Kier alpha value is -3.21. The monoisotopic (exact) mass is 305 g/mol. The lowest BCUT2D eigenvalue weighted by molar-refractivity contribution is 0.100. The quantitative estimate of drug-likeness (QED) is 0.575. The summed E-state index contributed by atoms with van der Waals surface area (Å²) in [5, 5.41) is 6.90. The molecule has 0 fully saturated rings. The van der Waals surface area contributed by atoms with Crippen molar-refractivity contribution in [2.45, 2.75) is 6.92 Å². The first-order valence-corrected chi connectivity index (χ1v) is 7.16. The second-order valence-corrected chi connectivity index (χ2v) is 4.93. The van der Waals surface area contributed by atoms with E-state index in [2.05, 4.69) is 15.5 Å². The highest BCUT2D eigenvalue weighted by molar-refractivity contribution is 6.06. The third kappa shape index (κ3) is 3.71. The van der Waals surface area contributed by atoms with Crippen LogP contribution in [0.3, 0.4) is 0 Å². The molecule has 2 aromatic carbocycles. The zero-order chi connectivity index (χ0) is 16.1. The molecule has 114 valence electrons. The van der Waals surface area contributed by atoms with Crippen LogP contribution in [0.4, 0.5) is 5.69 Å². The number of anilines is 1. The maximum Gasteiger partial charge on any atom is 0.298 e. The molecule has 0 atom stereocenters. The van der Waals surface area contributed by atoms with Crippen molar-refractivity contribution in [3.8, 4) is 0 Å². The number of carbonyl (C=O) groups is 1. The molecule has 3 aromatic rings. The van der Waals surface area contributed by atoms with Gasteiger partial charge in [-0.15, -0.1) is 0 Å². The molecule has 5 heteroatoms. The van der Waals surface area contributed by atoms with Gasteiger partial charge in [-0.1, -0.05) is 53.7 Å². The van der Waals surface area contributed by atoms with Crippen molar-refractivity contribution >= 4 is 17.2 Å². The summed E-state index contributed by atoms with van der Waals surface area (Å²) in [7, 11) is 0. The second kappa shape index (κ2) is 6.70. The van der Waals surface area contributed by atoms with Crippen molar-refractivity contribution in [3.05, 3.63) is 84.0 Å². The van der Waals surface area contributed by atoms with Crippen molar-refractivity contribution in [1.82, 2.24) is 10.1 Å². The Balaban J connectivity index is 1.94. The predicted octanol–water partition coefficient (Wildman–Crippen LogP) is 3.71. The fraction of sp³-hybridized carbons (Fsp3) is 0.0556. The van der Waals surface area contributed by atoms with Gasteiger partial charge in [0.15, 0.2) is 5.82 Å². The van der Waals surface area contributed by atoms with E-state index < -0.39 is 0 Å². The van der Waals surface area contributed by atoms with E-state index >= 15 is 0 Å². The van der Waals surface area contributed by atoms with Crippen LogP contribution >= 0.6 is 0 Å². The van der Waals surface area contributed by atoms with Gasteiger partial charge in [0.2, 0.25) is 5.78 Å². The Kier molecular flexibility index (Phi) is 4.29. The van der Waals surface area contributed by atoms with Crippen molar-refractivity contribution in [3.63, 3.8) is 0 Å². The summed E-state index contributed by atoms with van der Waals surface area (Å²) < 4.78 is 4.93. The van der Waals surface area contributed by atoms with Gasteiger partial charge < -0.3 is 9.84 Å². The molecule has 1 aromatic heterocycles. The van der Waals surface area contributed by atoms with E-state index in [1.165, 1.54) is 6.08 Å². The summed E-state index contributed by atoms with van der Waals surface area (Å²) >= 11 is 0. The maximum absolute atomic E-state index is 12.3. The first kappa shape index (κ1) is 14.7. The normalized spacial score (nSPS) is 11.3. The molecule has 0 amide bonds. The van der Waals surface area contributed by atoms with E-state index in [1.54, 1.807) is 6.92 Å². The largest absolute Gasteiger partial charge is 0.355 e. The first-order chi connectivity index (χ1) is 11.2. The lowest BCUT2D eigenvalue weighted by Crippen LogP contribution is -2.04. The fourth-order valence-electron chi connectivity index (χ4n) is 2.08. The molecule has 0 unspecified atom stereocenters. The summed E-state index contributed by atoms with van der Waals surface area (Å²) in [6.45, 7) is 1.67. The van der Waals surface area contributed by atoms with Crippen LogP contribution in [0.5, 0.6) is 0 Å². The number of ketones is 1. The molecule has 0 spiro atoms. The highest BCUT2D eigenvalue weighted by Gasteiger charge is 2.13. The Labute approximate surface area is 133 Å². The van der Waals surface area contributed by atoms with E-state index in [1.807, 2.05) is 60.7 Å². The minimum Gasteiger partial charge on any atom is -0.355 e. The van der Waals surface area contributed by atoms with Gasteiger partial charge in [0.05, 0.1) is 0 Å². The number of hydrogen-bond donors (Lipinski definition) is 1. The van der Waals surface area contributed by atoms with Crippen molar-refractivity contribution in [1.29, 1.82) is 0 Å². The number of nitrogens with zero attached hydrogens (tertiary/aromatic N) is 2. The highest BCUT2D eigenvalue weighted by atomic mass is 16.5. The van der Waals surface area contributed by atoms with Crippen LogP contribution in [-0.2, 0) is 0 Å². The molecule has 0 saturated carbocycles. The fourth-order valence-corrected chi connectivity index (χ4v) is 2.08. The van der Waals surface area contributed by atoms with Gasteiger partial charge in [0.25, 0.3) is 5.89 Å². The zero-order valence-corrected chi connectivity index (χ0v) is 12.6. The van der Waals surface area contributed by atoms with Gasteiger partial charge in [-0.2, -0.15) is 4.98 Å². The van der Waals surface area contributed by atoms with E-state index in [0.29, 0.717) is 11.5 Å². The molecule has 1 heterocycles. The smallest absolute Gasteiger partial charge is 0.298 e. The van der Waals surface area contributed by atoms with E-state index in [9.17, 15) is 4.79 Å². The molecular formula is C18H15N3O2. The highest BCUT2D eigenvalue weighted by Crippen LogP contribution is 2.19. The molecule has 5 nitrogen and oxygen atoms in total. The second-order valence-electron chi connectivity index (χ2n) is 4.93. The number of aromatic nitrogens is 2. The minimum absolute atomic E-state index is 0.0224. The predicted molar refractivity (Wildman–Crippen MR) is 87.8 cm³/mol. The summed E-state index contributed by atoms with van der Waals surface area (Å²) in [5.74, 6) is 0.0673. The van der Waals surface area contributed by atoms with Gasteiger partial charge in [-0.25, -0.2) is 0 Å². The molecule has 0 bridgehead atoms. The van der Waals surface area contributed by atoms with Gasteiger partial charge >= 0.3 is 0 Å². The van der Waals surface area contributed by atoms with Crippen LogP contribution in [0.2, 0.25) is 0 Å². The lowest BCUT2D eigenvalue weighted by atomic mass is 10.1. The maximum atomic E-state index is 12.3.